The highest BCUT2D eigenvalue weighted by Crippen LogP contribution is 2.31. The first-order valence-electron chi connectivity index (χ1n) is 13.9. The molecule has 3 aromatic carbocycles. The molecule has 0 spiro atoms. The summed E-state index contributed by atoms with van der Waals surface area (Å²) in [5, 5.41) is 21.1. The van der Waals surface area contributed by atoms with Crippen molar-refractivity contribution in [2.24, 2.45) is 5.10 Å². The number of nitrogens with zero attached hydrogens (tertiary/aromatic N) is 6. The predicted molar refractivity (Wildman–Crippen MR) is 175 cm³/mol. The average Bonchev–Trinajstić information content (AvgIpc) is 3.70. The maximum atomic E-state index is 12.8. The lowest BCUT2D eigenvalue weighted by molar-refractivity contribution is -0.384. The molecule has 0 aliphatic rings. The Morgan fingerprint density at radius 3 is 2.27 bits per heavy atom. The van der Waals surface area contributed by atoms with Crippen LogP contribution in [0.5, 0.6) is 0 Å². The molecule has 6 aromatic rings. The molecule has 0 radical (unpaired) electrons. The standard InChI is InChI=1S/C34H25N7O3S/c1-23-32(29(37-38-33(42)27-18-20-35-21-19-27)17-14-24-12-15-28(16-13-24)41(43)44)45-34(36-23)40-31(26-10-6-3-7-11-26)22-30(39-40)25-8-4-2-5-9-25/h2-22H,1H3,(H,38,42)/b17-14+,37-29+. The molecule has 0 aliphatic carbocycles. The van der Waals surface area contributed by atoms with Gasteiger partial charge in [0.2, 0.25) is 5.13 Å². The zero-order valence-corrected chi connectivity index (χ0v) is 24.8. The minimum absolute atomic E-state index is 0.00286. The van der Waals surface area contributed by atoms with Gasteiger partial charge in [-0.15, -0.1) is 0 Å². The third-order valence-electron chi connectivity index (χ3n) is 6.81. The molecule has 0 unspecified atom stereocenters. The number of pyridine rings is 1. The number of nitro groups is 1. The van der Waals surface area contributed by atoms with Gasteiger partial charge >= 0.3 is 0 Å². The fraction of sp³-hybridized carbons (Fsp3) is 0.0294. The summed E-state index contributed by atoms with van der Waals surface area (Å²) in [6.45, 7) is 1.87. The molecule has 3 heterocycles. The van der Waals surface area contributed by atoms with Crippen LogP contribution in [0.2, 0.25) is 0 Å². The summed E-state index contributed by atoms with van der Waals surface area (Å²) in [6.07, 6.45) is 6.59. The molecule has 0 fully saturated rings. The van der Waals surface area contributed by atoms with Gasteiger partial charge in [0.1, 0.15) is 5.71 Å². The fourth-order valence-electron chi connectivity index (χ4n) is 4.53. The van der Waals surface area contributed by atoms with Crippen molar-refractivity contribution in [2.75, 3.05) is 0 Å². The van der Waals surface area contributed by atoms with Crippen molar-refractivity contribution in [1.82, 2.24) is 25.2 Å². The second-order valence-corrected chi connectivity index (χ2v) is 10.8. The van der Waals surface area contributed by atoms with Crippen LogP contribution in [0, 0.1) is 17.0 Å². The van der Waals surface area contributed by atoms with E-state index in [0.29, 0.717) is 27.0 Å². The van der Waals surface area contributed by atoms with Gasteiger partial charge < -0.3 is 0 Å². The van der Waals surface area contributed by atoms with Crippen LogP contribution >= 0.6 is 11.3 Å². The van der Waals surface area contributed by atoms with Crippen LogP contribution in [-0.2, 0) is 0 Å². The molecule has 45 heavy (non-hydrogen) atoms. The Bertz CT molecular complexity index is 2020. The average molecular weight is 612 g/mol. The zero-order chi connectivity index (χ0) is 31.2. The summed E-state index contributed by atoms with van der Waals surface area (Å²) in [4.78, 5) is 33.0. The van der Waals surface area contributed by atoms with E-state index in [2.05, 4.69) is 15.5 Å². The van der Waals surface area contributed by atoms with Crippen LogP contribution in [0.15, 0.2) is 127 Å². The Morgan fingerprint density at radius 2 is 1.60 bits per heavy atom. The molecular weight excluding hydrogens is 586 g/mol. The number of hydrogen-bond acceptors (Lipinski definition) is 8. The first-order valence-corrected chi connectivity index (χ1v) is 14.7. The normalized spacial score (nSPS) is 11.5. The Hall–Kier alpha value is -6.07. The number of nitrogens with one attached hydrogen (secondary N) is 1. The largest absolute Gasteiger partial charge is 0.271 e. The van der Waals surface area contributed by atoms with Crippen molar-refractivity contribution < 1.29 is 9.72 Å². The lowest BCUT2D eigenvalue weighted by atomic mass is 10.1. The van der Waals surface area contributed by atoms with Gasteiger partial charge in [-0.25, -0.2) is 15.1 Å². The van der Waals surface area contributed by atoms with Crippen molar-refractivity contribution in [3.05, 3.63) is 153 Å². The Labute approximate surface area is 262 Å². The first-order chi connectivity index (χ1) is 22.0. The summed E-state index contributed by atoms with van der Waals surface area (Å²) in [5.74, 6) is -0.396. The van der Waals surface area contributed by atoms with Crippen molar-refractivity contribution in [3.63, 3.8) is 0 Å². The number of aryl methyl sites for hydroxylation is 1. The molecule has 6 rings (SSSR count). The highest BCUT2D eigenvalue weighted by Gasteiger charge is 2.19. The summed E-state index contributed by atoms with van der Waals surface area (Å²) in [5.41, 5.74) is 8.55. The molecule has 0 saturated carbocycles. The fourth-order valence-corrected chi connectivity index (χ4v) is 5.53. The number of amides is 1. The summed E-state index contributed by atoms with van der Waals surface area (Å²) >= 11 is 1.38. The number of non-ortho nitro benzene ring substituents is 1. The van der Waals surface area contributed by atoms with E-state index in [1.165, 1.54) is 35.9 Å². The number of aromatic nitrogens is 4. The Balaban J connectivity index is 1.41. The van der Waals surface area contributed by atoms with Crippen LogP contribution < -0.4 is 5.43 Å². The number of carbonyl (C=O) groups is 1. The van der Waals surface area contributed by atoms with E-state index in [9.17, 15) is 14.9 Å². The van der Waals surface area contributed by atoms with Gasteiger partial charge in [0.25, 0.3) is 11.6 Å². The van der Waals surface area contributed by atoms with E-state index in [-0.39, 0.29) is 5.69 Å². The van der Waals surface area contributed by atoms with Crippen LogP contribution in [-0.4, -0.2) is 36.3 Å². The summed E-state index contributed by atoms with van der Waals surface area (Å²) < 4.78 is 1.83. The molecule has 10 nitrogen and oxygen atoms in total. The van der Waals surface area contributed by atoms with E-state index in [1.807, 2.05) is 78.3 Å². The van der Waals surface area contributed by atoms with Crippen LogP contribution in [0.1, 0.15) is 26.5 Å². The van der Waals surface area contributed by atoms with Gasteiger partial charge in [-0.05, 0) is 48.9 Å². The van der Waals surface area contributed by atoms with Crippen LogP contribution in [0.4, 0.5) is 5.69 Å². The molecule has 0 atom stereocenters. The van der Waals surface area contributed by atoms with Gasteiger partial charge in [0.15, 0.2) is 0 Å². The number of allylic oxidation sites excluding steroid dienone is 1. The number of hydrazone groups is 1. The highest BCUT2D eigenvalue weighted by atomic mass is 32.1. The van der Waals surface area contributed by atoms with Crippen LogP contribution in [0.3, 0.4) is 0 Å². The van der Waals surface area contributed by atoms with Gasteiger partial charge in [0.05, 0.1) is 26.9 Å². The number of hydrogen-bond donors (Lipinski definition) is 1. The maximum Gasteiger partial charge on any atom is 0.271 e. The Morgan fingerprint density at radius 1 is 0.933 bits per heavy atom. The molecule has 0 aliphatic heterocycles. The smallest absolute Gasteiger partial charge is 0.267 e. The Kier molecular flexibility index (Phi) is 8.42. The minimum Gasteiger partial charge on any atom is -0.267 e. The monoisotopic (exact) mass is 611 g/mol. The topological polar surface area (TPSA) is 128 Å². The number of thiazole rings is 1. The summed E-state index contributed by atoms with van der Waals surface area (Å²) in [6, 6.07) is 31.3. The van der Waals surface area contributed by atoms with Crippen molar-refractivity contribution in [3.8, 4) is 27.6 Å². The summed E-state index contributed by atoms with van der Waals surface area (Å²) in [7, 11) is 0. The van der Waals surface area contributed by atoms with Crippen molar-refractivity contribution in [2.45, 2.75) is 6.92 Å². The number of rotatable bonds is 9. The third kappa shape index (κ3) is 6.63. The second kappa shape index (κ2) is 13.1. The van der Waals surface area contributed by atoms with Gasteiger partial charge in [-0.3, -0.25) is 19.9 Å². The molecule has 1 amide bonds. The van der Waals surface area contributed by atoms with Crippen molar-refractivity contribution in [1.29, 1.82) is 0 Å². The highest BCUT2D eigenvalue weighted by molar-refractivity contribution is 7.16. The molecule has 11 heteroatoms. The minimum atomic E-state index is -0.445. The molecule has 220 valence electrons. The van der Waals surface area contributed by atoms with Crippen LogP contribution in [0.25, 0.3) is 33.7 Å². The number of carbonyl (C=O) groups excluding carboxylic acids is 1. The predicted octanol–water partition coefficient (Wildman–Crippen LogP) is 7.12. The van der Waals surface area contributed by atoms with Gasteiger partial charge in [-0.1, -0.05) is 78.1 Å². The van der Waals surface area contributed by atoms with E-state index in [4.69, 9.17) is 10.1 Å². The SMILES string of the molecule is Cc1nc(-n2nc(-c3ccccc3)cc2-c2ccccc2)sc1C(/C=C/c1ccc([N+](=O)[O-])cc1)=N/NC(=O)c1ccncc1. The maximum absolute atomic E-state index is 12.8. The van der Waals surface area contributed by atoms with Crippen molar-refractivity contribution >= 4 is 34.7 Å². The molecular formula is C34H25N7O3S. The van der Waals surface area contributed by atoms with E-state index >= 15 is 0 Å². The zero-order valence-electron chi connectivity index (χ0n) is 23.9. The van der Waals surface area contributed by atoms with Gasteiger partial charge in [0, 0.05) is 41.2 Å². The third-order valence-corrected chi connectivity index (χ3v) is 7.96. The molecule has 0 bridgehead atoms. The molecule has 1 N–H and O–H groups in total. The molecule has 0 saturated heterocycles. The lowest BCUT2D eigenvalue weighted by Crippen LogP contribution is -2.19. The van der Waals surface area contributed by atoms with E-state index in [1.54, 1.807) is 36.4 Å². The van der Waals surface area contributed by atoms with E-state index in [0.717, 1.165) is 28.1 Å². The van der Waals surface area contributed by atoms with E-state index < -0.39 is 10.8 Å². The van der Waals surface area contributed by atoms with Gasteiger partial charge in [-0.2, -0.15) is 10.2 Å². The second-order valence-electron chi connectivity index (χ2n) is 9.83. The lowest BCUT2D eigenvalue weighted by Gasteiger charge is -2.04. The quantitative estimate of drug-likeness (QED) is 0.105. The molecule has 3 aromatic heterocycles. The first kappa shape index (κ1) is 29.0. The number of nitro benzene ring substituents is 1. The number of benzene rings is 3.